The summed E-state index contributed by atoms with van der Waals surface area (Å²) in [5.74, 6) is 0. The second-order valence-corrected chi connectivity index (χ2v) is 3.93. The maximum absolute atomic E-state index is 10.5. The smallest absolute Gasteiger partial charge is 0.323 e. The SMILES string of the molecule is CCC(N)(C=O)P(=O)(O)O. The van der Waals surface area contributed by atoms with Crippen molar-refractivity contribution in [3.8, 4) is 0 Å². The first kappa shape index (κ1) is 9.78. The van der Waals surface area contributed by atoms with Crippen LogP contribution in [0.15, 0.2) is 0 Å². The first-order valence-corrected chi connectivity index (χ1v) is 4.29. The summed E-state index contributed by atoms with van der Waals surface area (Å²) in [6.45, 7) is 1.44. The van der Waals surface area contributed by atoms with E-state index in [2.05, 4.69) is 0 Å². The minimum Gasteiger partial charge on any atom is -0.323 e. The molecular weight excluding hydrogens is 157 g/mol. The van der Waals surface area contributed by atoms with Gasteiger partial charge in [-0.3, -0.25) is 4.57 Å². The molecular formula is C4H10NO4P. The number of hydrogen-bond donors (Lipinski definition) is 3. The molecule has 10 heavy (non-hydrogen) atoms. The molecule has 0 fully saturated rings. The fourth-order valence-corrected chi connectivity index (χ4v) is 0.907. The van der Waals surface area contributed by atoms with Gasteiger partial charge in [-0.15, -0.1) is 0 Å². The normalized spacial score (nSPS) is 18.0. The zero-order valence-corrected chi connectivity index (χ0v) is 6.41. The Morgan fingerprint density at radius 1 is 1.70 bits per heavy atom. The number of nitrogens with two attached hydrogens (primary N) is 1. The molecule has 1 atom stereocenters. The fourth-order valence-electron chi connectivity index (χ4n) is 0.358. The Balaban J connectivity index is 4.66. The van der Waals surface area contributed by atoms with Crippen LogP contribution in [0.4, 0.5) is 0 Å². The van der Waals surface area contributed by atoms with Crippen molar-refractivity contribution < 1.29 is 19.1 Å². The fraction of sp³-hybridized carbons (Fsp3) is 0.750. The molecule has 0 heterocycles. The Hall–Kier alpha value is -0.220. The van der Waals surface area contributed by atoms with Gasteiger partial charge < -0.3 is 20.3 Å². The molecule has 5 nitrogen and oxygen atoms in total. The first-order chi connectivity index (χ1) is 4.37. The molecule has 0 aliphatic heterocycles. The van der Waals surface area contributed by atoms with Crippen LogP contribution in [0, 0.1) is 0 Å². The molecule has 0 rings (SSSR count). The van der Waals surface area contributed by atoms with Crippen LogP contribution in [-0.4, -0.2) is 21.4 Å². The van der Waals surface area contributed by atoms with Gasteiger partial charge >= 0.3 is 7.60 Å². The summed E-state index contributed by atoms with van der Waals surface area (Å²) in [5, 5.41) is -1.99. The van der Waals surface area contributed by atoms with E-state index in [0.717, 1.165) is 0 Å². The third-order valence-corrected chi connectivity index (χ3v) is 2.82. The monoisotopic (exact) mass is 167 g/mol. The predicted molar refractivity (Wildman–Crippen MR) is 35.3 cm³/mol. The van der Waals surface area contributed by atoms with Crippen LogP contribution in [0.1, 0.15) is 13.3 Å². The Morgan fingerprint density at radius 2 is 2.10 bits per heavy atom. The average Bonchev–Trinajstić information content (AvgIpc) is 1.84. The van der Waals surface area contributed by atoms with Crippen molar-refractivity contribution in [1.29, 1.82) is 0 Å². The van der Waals surface area contributed by atoms with Gasteiger partial charge in [-0.25, -0.2) is 0 Å². The molecule has 1 unspecified atom stereocenters. The molecule has 0 bridgehead atoms. The van der Waals surface area contributed by atoms with Crippen LogP contribution in [0.3, 0.4) is 0 Å². The zero-order chi connectivity index (χ0) is 8.41. The van der Waals surface area contributed by atoms with Gasteiger partial charge in [-0.05, 0) is 6.42 Å². The highest BCUT2D eigenvalue weighted by molar-refractivity contribution is 7.54. The van der Waals surface area contributed by atoms with E-state index in [-0.39, 0.29) is 12.7 Å². The molecule has 4 N–H and O–H groups in total. The van der Waals surface area contributed by atoms with E-state index >= 15 is 0 Å². The van der Waals surface area contributed by atoms with Crippen LogP contribution >= 0.6 is 7.60 Å². The van der Waals surface area contributed by atoms with Crippen molar-refractivity contribution in [2.24, 2.45) is 5.73 Å². The van der Waals surface area contributed by atoms with Gasteiger partial charge in [0.1, 0.15) is 0 Å². The van der Waals surface area contributed by atoms with Gasteiger partial charge in [-0.1, -0.05) is 6.92 Å². The summed E-state index contributed by atoms with van der Waals surface area (Å²) in [6.07, 6.45) is 0.0224. The molecule has 6 heteroatoms. The van der Waals surface area contributed by atoms with Gasteiger partial charge in [0.25, 0.3) is 0 Å². The minimum atomic E-state index is -4.48. The summed E-state index contributed by atoms with van der Waals surface area (Å²) in [4.78, 5) is 27.1. The lowest BCUT2D eigenvalue weighted by molar-refractivity contribution is -0.110. The second kappa shape index (κ2) is 2.80. The van der Waals surface area contributed by atoms with E-state index in [1.165, 1.54) is 6.92 Å². The lowest BCUT2D eigenvalue weighted by Crippen LogP contribution is -2.40. The zero-order valence-electron chi connectivity index (χ0n) is 5.52. The van der Waals surface area contributed by atoms with E-state index in [4.69, 9.17) is 15.5 Å². The van der Waals surface area contributed by atoms with Crippen molar-refractivity contribution >= 4 is 13.9 Å². The van der Waals surface area contributed by atoms with Crippen molar-refractivity contribution in [2.75, 3.05) is 0 Å². The maximum Gasteiger partial charge on any atom is 0.352 e. The summed E-state index contributed by atoms with van der Waals surface area (Å²) in [6, 6.07) is 0. The van der Waals surface area contributed by atoms with Crippen LogP contribution in [0.2, 0.25) is 0 Å². The van der Waals surface area contributed by atoms with Gasteiger partial charge in [-0.2, -0.15) is 0 Å². The van der Waals surface area contributed by atoms with Gasteiger partial charge in [0, 0.05) is 0 Å². The Bertz CT molecular complexity index is 176. The second-order valence-electron chi connectivity index (χ2n) is 2.01. The molecule has 0 saturated carbocycles. The number of rotatable bonds is 3. The highest BCUT2D eigenvalue weighted by Gasteiger charge is 2.41. The third kappa shape index (κ3) is 1.64. The highest BCUT2D eigenvalue weighted by atomic mass is 31.2. The average molecular weight is 167 g/mol. The molecule has 0 aliphatic rings. The largest absolute Gasteiger partial charge is 0.352 e. The topological polar surface area (TPSA) is 101 Å². The van der Waals surface area contributed by atoms with Crippen LogP contribution < -0.4 is 5.73 Å². The van der Waals surface area contributed by atoms with Gasteiger partial charge in [0.2, 0.25) is 0 Å². The molecule has 0 aromatic heterocycles. The third-order valence-electron chi connectivity index (χ3n) is 1.31. The molecule has 0 radical (unpaired) electrons. The van der Waals surface area contributed by atoms with Crippen molar-refractivity contribution in [3.05, 3.63) is 0 Å². The Kier molecular flexibility index (Phi) is 2.74. The van der Waals surface area contributed by atoms with Crippen LogP contribution in [0.25, 0.3) is 0 Å². The van der Waals surface area contributed by atoms with E-state index in [1.807, 2.05) is 0 Å². The summed E-state index contributed by atoms with van der Waals surface area (Å²) >= 11 is 0. The number of aldehydes is 1. The summed E-state index contributed by atoms with van der Waals surface area (Å²) in [5.41, 5.74) is 5.04. The molecule has 60 valence electrons. The van der Waals surface area contributed by atoms with Gasteiger partial charge in [0.15, 0.2) is 11.6 Å². The molecule has 0 saturated heterocycles. The van der Waals surface area contributed by atoms with Crippen molar-refractivity contribution in [3.63, 3.8) is 0 Å². The Labute approximate surface area is 58.4 Å². The summed E-state index contributed by atoms with van der Waals surface area (Å²) in [7, 11) is -4.48. The maximum atomic E-state index is 10.5. The minimum absolute atomic E-state index is 0.0687. The summed E-state index contributed by atoms with van der Waals surface area (Å²) < 4.78 is 10.5. The van der Waals surface area contributed by atoms with E-state index in [0.29, 0.717) is 0 Å². The molecule has 0 aliphatic carbocycles. The van der Waals surface area contributed by atoms with E-state index < -0.39 is 12.9 Å². The number of carbonyl (C=O) groups is 1. The lowest BCUT2D eigenvalue weighted by Gasteiger charge is -2.21. The van der Waals surface area contributed by atoms with Crippen molar-refractivity contribution in [1.82, 2.24) is 0 Å². The number of carbonyl (C=O) groups excluding carboxylic acids is 1. The van der Waals surface area contributed by atoms with Crippen molar-refractivity contribution in [2.45, 2.75) is 18.6 Å². The molecule has 0 aromatic carbocycles. The van der Waals surface area contributed by atoms with Crippen LogP contribution in [-0.2, 0) is 9.36 Å². The van der Waals surface area contributed by atoms with Crippen LogP contribution in [0.5, 0.6) is 0 Å². The first-order valence-electron chi connectivity index (χ1n) is 2.68. The number of hydrogen-bond acceptors (Lipinski definition) is 3. The lowest BCUT2D eigenvalue weighted by atomic mass is 10.3. The molecule has 0 spiro atoms. The van der Waals surface area contributed by atoms with Gasteiger partial charge in [0.05, 0.1) is 0 Å². The quantitative estimate of drug-likeness (QED) is 0.386. The molecule has 0 aromatic rings. The van der Waals surface area contributed by atoms with E-state index in [1.54, 1.807) is 0 Å². The molecule has 0 amide bonds. The Morgan fingerprint density at radius 3 is 2.10 bits per heavy atom. The standard InChI is InChI=1S/C4H10NO4P/c1-2-4(5,3-6)10(7,8)9/h3H,2,5H2,1H3,(H2,7,8,9). The predicted octanol–water partition coefficient (Wildman–Crippen LogP) is -0.572. The van der Waals surface area contributed by atoms with E-state index in [9.17, 15) is 9.36 Å². The highest BCUT2D eigenvalue weighted by Crippen LogP contribution is 2.47.